The van der Waals surface area contributed by atoms with Crippen LogP contribution in [0.1, 0.15) is 11.1 Å². The number of hydrogen-bond donors (Lipinski definition) is 4. The predicted molar refractivity (Wildman–Crippen MR) is 92.2 cm³/mol. The summed E-state index contributed by atoms with van der Waals surface area (Å²) < 4.78 is 0. The van der Waals surface area contributed by atoms with E-state index >= 15 is 0 Å². The maximum Gasteiger partial charge on any atom is 0.0319 e. The number of rotatable bonds is 2. The largest absolute Gasteiger partial charge is 0.400 e. The molecule has 0 aliphatic rings. The molecule has 0 atom stereocenters. The molecule has 2 rings (SSSR count). The zero-order valence-corrected chi connectivity index (χ0v) is 13.5. The monoisotopic (exact) mass is 294 g/mol. The van der Waals surface area contributed by atoms with Crippen molar-refractivity contribution in [2.24, 2.45) is 11.5 Å². The van der Waals surface area contributed by atoms with E-state index in [-0.39, 0.29) is 0 Å². The van der Waals surface area contributed by atoms with Crippen molar-refractivity contribution in [2.75, 3.05) is 28.3 Å². The second kappa shape index (κ2) is 23.4. The standard InChI is InChI=1S/C13H12.2CH5N.2CH4O/c1-3-7-12(8-4-1)11-13-9-5-2-6-10-13;4*1-2/h1-10H,11H2;2*2H2,1H3;2*2H,1H3. The molecule has 0 radical (unpaired) electrons. The number of benzene rings is 2. The molecule has 6 N–H and O–H groups in total. The lowest BCUT2D eigenvalue weighted by atomic mass is 10.1. The molecule has 0 fully saturated rings. The van der Waals surface area contributed by atoms with E-state index in [1.165, 1.54) is 25.2 Å². The average Bonchev–Trinajstić information content (AvgIpc) is 2.64. The Bertz CT molecular complexity index is 330. The quantitative estimate of drug-likeness (QED) is 0.677. The smallest absolute Gasteiger partial charge is 0.0319 e. The molecule has 0 aromatic heterocycles. The van der Waals surface area contributed by atoms with E-state index in [0.717, 1.165) is 20.6 Å². The Balaban J connectivity index is -0.000000353. The van der Waals surface area contributed by atoms with Gasteiger partial charge in [-0.25, -0.2) is 0 Å². The zero-order chi connectivity index (χ0) is 16.9. The minimum absolute atomic E-state index is 1.00. The van der Waals surface area contributed by atoms with Crippen LogP contribution in [0.15, 0.2) is 60.7 Å². The summed E-state index contributed by atoms with van der Waals surface area (Å²) >= 11 is 0. The van der Waals surface area contributed by atoms with Gasteiger partial charge in [-0.15, -0.1) is 0 Å². The van der Waals surface area contributed by atoms with Gasteiger partial charge in [0.25, 0.3) is 0 Å². The highest BCUT2D eigenvalue weighted by molar-refractivity contribution is 5.25. The highest BCUT2D eigenvalue weighted by Gasteiger charge is 1.92. The summed E-state index contributed by atoms with van der Waals surface area (Å²) in [4.78, 5) is 0. The van der Waals surface area contributed by atoms with Crippen molar-refractivity contribution in [3.8, 4) is 0 Å². The fourth-order valence-electron chi connectivity index (χ4n) is 1.43. The van der Waals surface area contributed by atoms with Crippen LogP contribution in [0, 0.1) is 0 Å². The van der Waals surface area contributed by atoms with E-state index in [9.17, 15) is 0 Å². The second-order valence-electron chi connectivity index (χ2n) is 3.15. The molecule has 0 spiro atoms. The van der Waals surface area contributed by atoms with Crippen LogP contribution in [0.5, 0.6) is 0 Å². The Morgan fingerprint density at radius 1 is 0.571 bits per heavy atom. The third kappa shape index (κ3) is 14.5. The van der Waals surface area contributed by atoms with Crippen molar-refractivity contribution in [1.29, 1.82) is 0 Å². The number of hydrogen-bond acceptors (Lipinski definition) is 4. The van der Waals surface area contributed by atoms with Gasteiger partial charge in [0.1, 0.15) is 0 Å². The number of aliphatic hydroxyl groups is 2. The van der Waals surface area contributed by atoms with Gasteiger partial charge in [0.15, 0.2) is 0 Å². The molecule has 21 heavy (non-hydrogen) atoms. The fraction of sp³-hybridized carbons (Fsp3) is 0.294. The topological polar surface area (TPSA) is 92.5 Å². The lowest BCUT2D eigenvalue weighted by molar-refractivity contribution is 0.399. The molecule has 2 aromatic carbocycles. The SMILES string of the molecule is CN.CN.CO.CO.c1ccc(Cc2ccccc2)cc1. The molecule has 4 heteroatoms. The van der Waals surface area contributed by atoms with E-state index in [1.54, 1.807) is 0 Å². The Labute approximate surface area is 129 Å². The minimum atomic E-state index is 1.00. The van der Waals surface area contributed by atoms with E-state index in [2.05, 4.69) is 72.1 Å². The van der Waals surface area contributed by atoms with E-state index in [1.807, 2.05) is 0 Å². The summed E-state index contributed by atoms with van der Waals surface area (Å²) in [7, 11) is 5.00. The normalized spacial score (nSPS) is 7.24. The lowest BCUT2D eigenvalue weighted by Gasteiger charge is -2.00. The van der Waals surface area contributed by atoms with Crippen LogP contribution in [0.25, 0.3) is 0 Å². The van der Waals surface area contributed by atoms with Crippen LogP contribution in [-0.4, -0.2) is 38.5 Å². The average molecular weight is 294 g/mol. The Morgan fingerprint density at radius 3 is 1.05 bits per heavy atom. The second-order valence-corrected chi connectivity index (χ2v) is 3.15. The van der Waals surface area contributed by atoms with Crippen molar-refractivity contribution >= 4 is 0 Å². The van der Waals surface area contributed by atoms with Gasteiger partial charge in [-0.1, -0.05) is 60.7 Å². The fourth-order valence-corrected chi connectivity index (χ4v) is 1.43. The van der Waals surface area contributed by atoms with Gasteiger partial charge < -0.3 is 21.7 Å². The summed E-state index contributed by atoms with van der Waals surface area (Å²) in [6, 6.07) is 21.1. The molecule has 0 unspecified atom stereocenters. The maximum absolute atomic E-state index is 7.00. The summed E-state index contributed by atoms with van der Waals surface area (Å²) in [6.45, 7) is 0. The number of aliphatic hydroxyl groups excluding tert-OH is 2. The first-order valence-electron chi connectivity index (χ1n) is 6.58. The van der Waals surface area contributed by atoms with Crippen LogP contribution in [0.2, 0.25) is 0 Å². The van der Waals surface area contributed by atoms with Crippen molar-refractivity contribution in [2.45, 2.75) is 6.42 Å². The lowest BCUT2D eigenvalue weighted by Crippen LogP contribution is -1.85. The summed E-state index contributed by atoms with van der Waals surface area (Å²) in [5.74, 6) is 0. The molecule has 4 nitrogen and oxygen atoms in total. The Hall–Kier alpha value is -1.72. The molecular formula is C17H30N2O2. The first-order valence-corrected chi connectivity index (χ1v) is 6.58. The van der Waals surface area contributed by atoms with E-state index < -0.39 is 0 Å². The molecule has 2 aromatic rings. The van der Waals surface area contributed by atoms with Crippen LogP contribution >= 0.6 is 0 Å². The number of nitrogens with two attached hydrogens (primary N) is 2. The molecule has 0 aliphatic carbocycles. The molecule has 120 valence electrons. The summed E-state index contributed by atoms with van der Waals surface area (Å²) in [5, 5.41) is 14.0. The van der Waals surface area contributed by atoms with Crippen LogP contribution < -0.4 is 11.5 Å². The van der Waals surface area contributed by atoms with Gasteiger partial charge in [-0.3, -0.25) is 0 Å². The first kappa shape index (κ1) is 24.3. The summed E-state index contributed by atoms with van der Waals surface area (Å²) in [6.07, 6.45) is 1.03. The van der Waals surface area contributed by atoms with Crippen molar-refractivity contribution in [3.63, 3.8) is 0 Å². The van der Waals surface area contributed by atoms with Gasteiger partial charge >= 0.3 is 0 Å². The highest BCUT2D eigenvalue weighted by atomic mass is 16.2. The predicted octanol–water partition coefficient (Wildman–Crippen LogP) is 1.64. The third-order valence-corrected chi connectivity index (χ3v) is 2.09. The highest BCUT2D eigenvalue weighted by Crippen LogP contribution is 2.07. The molecule has 0 saturated heterocycles. The van der Waals surface area contributed by atoms with Crippen molar-refractivity contribution < 1.29 is 10.2 Å². The van der Waals surface area contributed by atoms with Gasteiger partial charge in [0.05, 0.1) is 0 Å². The summed E-state index contributed by atoms with van der Waals surface area (Å²) in [5.41, 5.74) is 11.7. The minimum Gasteiger partial charge on any atom is -0.400 e. The van der Waals surface area contributed by atoms with Gasteiger partial charge in [-0.2, -0.15) is 0 Å². The zero-order valence-electron chi connectivity index (χ0n) is 13.5. The van der Waals surface area contributed by atoms with E-state index in [0.29, 0.717) is 0 Å². The molecule has 0 saturated carbocycles. The molecule has 0 amide bonds. The molecule has 0 aliphatic heterocycles. The third-order valence-electron chi connectivity index (χ3n) is 2.09. The van der Waals surface area contributed by atoms with Gasteiger partial charge in [0, 0.05) is 14.2 Å². The maximum atomic E-state index is 7.00. The van der Waals surface area contributed by atoms with E-state index in [4.69, 9.17) is 10.2 Å². The van der Waals surface area contributed by atoms with Crippen molar-refractivity contribution in [1.82, 2.24) is 0 Å². The molecule has 0 bridgehead atoms. The van der Waals surface area contributed by atoms with Crippen LogP contribution in [-0.2, 0) is 6.42 Å². The molecule has 0 heterocycles. The van der Waals surface area contributed by atoms with Crippen molar-refractivity contribution in [3.05, 3.63) is 71.8 Å². The Kier molecular flexibility index (Phi) is 27.1. The van der Waals surface area contributed by atoms with Gasteiger partial charge in [-0.05, 0) is 31.6 Å². The first-order chi connectivity index (χ1) is 10.4. The van der Waals surface area contributed by atoms with Crippen LogP contribution in [0.4, 0.5) is 0 Å². The molecular weight excluding hydrogens is 264 g/mol. The Morgan fingerprint density at radius 2 is 0.810 bits per heavy atom. The van der Waals surface area contributed by atoms with Crippen LogP contribution in [0.3, 0.4) is 0 Å². The van der Waals surface area contributed by atoms with Gasteiger partial charge in [0.2, 0.25) is 0 Å².